The van der Waals surface area contributed by atoms with E-state index in [9.17, 15) is 13.2 Å². The number of fused-ring (bicyclic) bond motifs is 1. The molecule has 1 aliphatic heterocycles. The van der Waals surface area contributed by atoms with Gasteiger partial charge in [-0.2, -0.15) is 0 Å². The number of ether oxygens (including phenoxy) is 1. The molecular formula is C21H18ClN3O4S. The van der Waals surface area contributed by atoms with Gasteiger partial charge in [-0.05, 0) is 48.5 Å². The largest absolute Gasteiger partial charge is 0.476 e. The zero-order valence-electron chi connectivity index (χ0n) is 15.7. The fraction of sp³-hybridized carbons (Fsp3) is 0.143. The van der Waals surface area contributed by atoms with Gasteiger partial charge in [0.15, 0.2) is 6.10 Å². The molecule has 1 atom stereocenters. The van der Waals surface area contributed by atoms with Gasteiger partial charge in [0.2, 0.25) is 0 Å². The predicted molar refractivity (Wildman–Crippen MR) is 113 cm³/mol. The molecule has 1 aliphatic rings. The van der Waals surface area contributed by atoms with Crippen LogP contribution >= 0.6 is 11.6 Å². The molecule has 1 amide bonds. The fourth-order valence-electron chi connectivity index (χ4n) is 3.09. The summed E-state index contributed by atoms with van der Waals surface area (Å²) in [6, 6.07) is 18.0. The molecule has 1 N–H and O–H groups in total. The molecule has 1 aromatic heterocycles. The molecule has 4 rings (SSSR count). The fourth-order valence-corrected chi connectivity index (χ4v) is 4.70. The van der Waals surface area contributed by atoms with Crippen LogP contribution in [-0.4, -0.2) is 32.0 Å². The van der Waals surface area contributed by atoms with Crippen molar-refractivity contribution in [3.63, 3.8) is 0 Å². The van der Waals surface area contributed by atoms with E-state index in [1.807, 2.05) is 6.07 Å². The van der Waals surface area contributed by atoms with Gasteiger partial charge < -0.3 is 10.1 Å². The molecule has 2 heterocycles. The van der Waals surface area contributed by atoms with E-state index >= 15 is 0 Å². The van der Waals surface area contributed by atoms with E-state index in [0.29, 0.717) is 22.2 Å². The number of hydrogen-bond acceptors (Lipinski definition) is 5. The highest BCUT2D eigenvalue weighted by Gasteiger charge is 2.37. The van der Waals surface area contributed by atoms with Gasteiger partial charge >= 0.3 is 0 Å². The molecule has 0 saturated carbocycles. The van der Waals surface area contributed by atoms with Gasteiger partial charge in [0.05, 0.1) is 29.4 Å². The van der Waals surface area contributed by atoms with Crippen LogP contribution in [0, 0.1) is 0 Å². The van der Waals surface area contributed by atoms with Crippen LogP contribution in [-0.2, 0) is 21.4 Å². The van der Waals surface area contributed by atoms with E-state index < -0.39 is 22.0 Å². The predicted octanol–water partition coefficient (Wildman–Crippen LogP) is 3.01. The van der Waals surface area contributed by atoms with Gasteiger partial charge in [-0.3, -0.25) is 14.1 Å². The Balaban J connectivity index is 1.60. The lowest BCUT2D eigenvalue weighted by molar-refractivity contribution is -0.127. The first-order chi connectivity index (χ1) is 14.4. The third-order valence-corrected chi connectivity index (χ3v) is 6.64. The van der Waals surface area contributed by atoms with Crippen LogP contribution in [0.2, 0.25) is 5.02 Å². The van der Waals surface area contributed by atoms with Gasteiger partial charge in [0.1, 0.15) is 5.75 Å². The van der Waals surface area contributed by atoms with E-state index in [2.05, 4.69) is 10.3 Å². The molecule has 154 valence electrons. The summed E-state index contributed by atoms with van der Waals surface area (Å²) in [7, 11) is -3.92. The van der Waals surface area contributed by atoms with Crippen molar-refractivity contribution in [1.82, 2.24) is 10.3 Å². The summed E-state index contributed by atoms with van der Waals surface area (Å²) in [5.41, 5.74) is 1.06. The number of amides is 1. The molecule has 0 saturated heterocycles. The third kappa shape index (κ3) is 4.10. The minimum absolute atomic E-state index is 0.0799. The molecule has 0 aliphatic carbocycles. The van der Waals surface area contributed by atoms with Crippen LogP contribution in [0.15, 0.2) is 77.8 Å². The Kier molecular flexibility index (Phi) is 5.61. The molecule has 1 unspecified atom stereocenters. The Morgan fingerprint density at radius 1 is 1.10 bits per heavy atom. The summed E-state index contributed by atoms with van der Waals surface area (Å²) in [6.45, 7) is 0.0567. The first-order valence-electron chi connectivity index (χ1n) is 9.17. The summed E-state index contributed by atoms with van der Waals surface area (Å²) < 4.78 is 33.6. The number of carbonyl (C=O) groups excluding carboxylic acids is 1. The number of halogens is 1. The first kappa shape index (κ1) is 20.2. The van der Waals surface area contributed by atoms with Crippen LogP contribution in [0.5, 0.6) is 5.75 Å². The van der Waals surface area contributed by atoms with Crippen molar-refractivity contribution in [3.05, 3.63) is 83.6 Å². The SMILES string of the molecule is O=C(NCc1ccccn1)C1CN(S(=O)(=O)c2ccc(Cl)cc2)c2ccccc2O1. The van der Waals surface area contributed by atoms with Gasteiger partial charge in [-0.15, -0.1) is 0 Å². The van der Waals surface area contributed by atoms with E-state index in [4.69, 9.17) is 16.3 Å². The second kappa shape index (κ2) is 8.33. The second-order valence-corrected chi connectivity index (χ2v) is 8.90. The van der Waals surface area contributed by atoms with Crippen molar-refractivity contribution < 1.29 is 17.9 Å². The molecule has 30 heavy (non-hydrogen) atoms. The topological polar surface area (TPSA) is 88.6 Å². The van der Waals surface area contributed by atoms with Crippen LogP contribution in [0.3, 0.4) is 0 Å². The number of rotatable bonds is 5. The van der Waals surface area contributed by atoms with E-state index in [1.165, 1.54) is 28.6 Å². The zero-order chi connectivity index (χ0) is 21.1. The average Bonchev–Trinajstić information content (AvgIpc) is 2.77. The summed E-state index contributed by atoms with van der Waals surface area (Å²) in [6.07, 6.45) is 0.626. The third-order valence-electron chi connectivity index (χ3n) is 4.60. The Morgan fingerprint density at radius 3 is 2.57 bits per heavy atom. The van der Waals surface area contributed by atoms with Crippen molar-refractivity contribution in [3.8, 4) is 5.75 Å². The van der Waals surface area contributed by atoms with Crippen molar-refractivity contribution in [2.24, 2.45) is 0 Å². The number of benzene rings is 2. The first-order valence-corrected chi connectivity index (χ1v) is 11.0. The van der Waals surface area contributed by atoms with Crippen LogP contribution < -0.4 is 14.4 Å². The van der Waals surface area contributed by atoms with Crippen LogP contribution in [0.4, 0.5) is 5.69 Å². The number of aromatic nitrogens is 1. The molecular weight excluding hydrogens is 426 g/mol. The molecule has 3 aromatic rings. The standard InChI is InChI=1S/C21H18ClN3O4S/c22-15-8-10-17(11-9-15)30(27,28)25-14-20(29-19-7-2-1-6-18(19)25)21(26)24-13-16-5-3-4-12-23-16/h1-12,20H,13-14H2,(H,24,26). The van der Waals surface area contributed by atoms with E-state index in [1.54, 1.807) is 42.6 Å². The van der Waals surface area contributed by atoms with E-state index in [-0.39, 0.29) is 18.0 Å². The number of nitrogens with zero attached hydrogens (tertiary/aromatic N) is 2. The Morgan fingerprint density at radius 2 is 1.83 bits per heavy atom. The number of para-hydroxylation sites is 2. The molecule has 9 heteroatoms. The van der Waals surface area contributed by atoms with E-state index in [0.717, 1.165) is 0 Å². The average molecular weight is 444 g/mol. The zero-order valence-corrected chi connectivity index (χ0v) is 17.3. The van der Waals surface area contributed by atoms with Crippen molar-refractivity contribution in [2.75, 3.05) is 10.8 Å². The van der Waals surface area contributed by atoms with Gasteiger partial charge in [-0.1, -0.05) is 29.8 Å². The van der Waals surface area contributed by atoms with Crippen LogP contribution in [0.1, 0.15) is 5.69 Å². The normalized spacial score (nSPS) is 15.8. The smallest absolute Gasteiger partial charge is 0.264 e. The van der Waals surface area contributed by atoms with Crippen LogP contribution in [0.25, 0.3) is 0 Å². The number of hydrogen-bond donors (Lipinski definition) is 1. The number of pyridine rings is 1. The highest BCUT2D eigenvalue weighted by Crippen LogP contribution is 2.36. The highest BCUT2D eigenvalue weighted by molar-refractivity contribution is 7.92. The second-order valence-electron chi connectivity index (χ2n) is 6.60. The maximum Gasteiger partial charge on any atom is 0.264 e. The minimum atomic E-state index is -3.92. The maximum atomic E-state index is 13.3. The molecule has 7 nitrogen and oxygen atoms in total. The van der Waals surface area contributed by atoms with Gasteiger partial charge in [-0.25, -0.2) is 8.42 Å². The summed E-state index contributed by atoms with van der Waals surface area (Å²) in [5, 5.41) is 3.19. The number of anilines is 1. The Bertz CT molecular complexity index is 1150. The molecule has 2 aromatic carbocycles. The minimum Gasteiger partial charge on any atom is -0.476 e. The Labute approximate surface area is 179 Å². The molecule has 0 bridgehead atoms. The highest BCUT2D eigenvalue weighted by atomic mass is 35.5. The lowest BCUT2D eigenvalue weighted by Crippen LogP contribution is -2.50. The summed E-state index contributed by atoms with van der Waals surface area (Å²) in [4.78, 5) is 17.0. The van der Waals surface area contributed by atoms with Gasteiger partial charge in [0, 0.05) is 11.2 Å². The summed E-state index contributed by atoms with van der Waals surface area (Å²) >= 11 is 5.89. The quantitative estimate of drug-likeness (QED) is 0.654. The van der Waals surface area contributed by atoms with Crippen molar-refractivity contribution >= 4 is 33.2 Å². The van der Waals surface area contributed by atoms with Crippen molar-refractivity contribution in [1.29, 1.82) is 0 Å². The number of carbonyl (C=O) groups is 1. The molecule has 0 fully saturated rings. The number of sulfonamides is 1. The summed E-state index contributed by atoms with van der Waals surface area (Å²) in [5.74, 6) is -0.106. The molecule has 0 spiro atoms. The molecule has 0 radical (unpaired) electrons. The monoisotopic (exact) mass is 443 g/mol. The lowest BCUT2D eigenvalue weighted by atomic mass is 10.2. The van der Waals surface area contributed by atoms with Gasteiger partial charge in [0.25, 0.3) is 15.9 Å². The number of nitrogens with one attached hydrogen (secondary N) is 1. The maximum absolute atomic E-state index is 13.3. The lowest BCUT2D eigenvalue weighted by Gasteiger charge is -2.34. The Hall–Kier alpha value is -3.10. The van der Waals surface area contributed by atoms with Crippen molar-refractivity contribution in [2.45, 2.75) is 17.5 Å².